The zero-order valence-corrected chi connectivity index (χ0v) is 20.7. The third kappa shape index (κ3) is 4.74. The number of piperidine rings is 1. The highest BCUT2D eigenvalue weighted by molar-refractivity contribution is 8.16. The van der Waals surface area contributed by atoms with Gasteiger partial charge >= 0.3 is 0 Å². The summed E-state index contributed by atoms with van der Waals surface area (Å²) < 4.78 is 15.8. The van der Waals surface area contributed by atoms with Gasteiger partial charge in [-0.15, -0.1) is 0 Å². The van der Waals surface area contributed by atoms with E-state index in [0.29, 0.717) is 5.25 Å². The Morgan fingerprint density at radius 3 is 2.38 bits per heavy atom. The number of anilines is 1. The molecule has 2 aromatic rings. The molecule has 4 rings (SSSR count). The van der Waals surface area contributed by atoms with Crippen molar-refractivity contribution in [2.45, 2.75) is 63.8 Å². The van der Waals surface area contributed by atoms with Crippen molar-refractivity contribution in [1.82, 2.24) is 14.7 Å². The van der Waals surface area contributed by atoms with Gasteiger partial charge < -0.3 is 10.6 Å². The highest BCUT2D eigenvalue weighted by atomic mass is 32.2. The van der Waals surface area contributed by atoms with Crippen molar-refractivity contribution in [2.75, 3.05) is 18.9 Å². The van der Waals surface area contributed by atoms with Crippen LogP contribution in [0.2, 0.25) is 0 Å². The summed E-state index contributed by atoms with van der Waals surface area (Å²) in [6, 6.07) is 10.9. The van der Waals surface area contributed by atoms with Crippen LogP contribution in [-0.4, -0.2) is 49.9 Å². The first-order chi connectivity index (χ1) is 15.1. The minimum atomic E-state index is -0.235. The first kappa shape index (κ1) is 22.9. The van der Waals surface area contributed by atoms with Gasteiger partial charge in [0.05, 0.1) is 4.86 Å². The molecule has 0 amide bonds. The standard InChI is InChI=1S/C25H34FN5S/c1-7-27-21-14-18(12-13-28-21)23-22(17-8-10-19(26)11-9-17)29-31(6)32(23)20-15-24(2,3)30-25(4,5)16-20/h8-14,20,30H,7,15-16H2,1-6H3,(H,27,28). The van der Waals surface area contributed by atoms with E-state index < -0.39 is 0 Å². The largest absolute Gasteiger partial charge is 0.370 e. The van der Waals surface area contributed by atoms with Gasteiger partial charge in [0.25, 0.3) is 0 Å². The number of nitrogens with zero attached hydrogens (tertiary/aromatic N) is 3. The second-order valence-corrected chi connectivity index (χ2v) is 12.2. The molecule has 1 saturated heterocycles. The summed E-state index contributed by atoms with van der Waals surface area (Å²) in [5.41, 5.74) is 3.07. The Balaban J connectivity index is 1.88. The van der Waals surface area contributed by atoms with Crippen LogP contribution in [0.15, 0.2) is 47.7 Å². The van der Waals surface area contributed by atoms with E-state index >= 15 is 0 Å². The van der Waals surface area contributed by atoms with Crippen molar-refractivity contribution in [3.63, 3.8) is 0 Å². The fourth-order valence-electron chi connectivity index (χ4n) is 5.13. The quantitative estimate of drug-likeness (QED) is 0.622. The molecule has 1 atom stereocenters. The van der Waals surface area contributed by atoms with Gasteiger partial charge in [-0.1, -0.05) is 10.7 Å². The lowest BCUT2D eigenvalue weighted by molar-refractivity contribution is 0.187. The van der Waals surface area contributed by atoms with Gasteiger partial charge in [0.1, 0.15) is 17.3 Å². The fraction of sp³-hybridized carbons (Fsp3) is 0.480. The molecule has 7 heteroatoms. The number of benzene rings is 1. The molecular formula is C25H34FN5S. The number of nitrogens with one attached hydrogen (secondary N) is 2. The summed E-state index contributed by atoms with van der Waals surface area (Å²) in [4.78, 5) is 5.70. The SMILES string of the molecule is CCNc1cc(C2=S(C3CC(C)(C)NC(C)(C)C3)N(C)N=C2c2ccc(F)cc2)ccn1. The third-order valence-electron chi connectivity index (χ3n) is 5.92. The number of pyridine rings is 1. The van der Waals surface area contributed by atoms with Crippen molar-refractivity contribution in [3.8, 4) is 0 Å². The summed E-state index contributed by atoms with van der Waals surface area (Å²) in [6.07, 6.45) is 3.98. The lowest BCUT2D eigenvalue weighted by Crippen LogP contribution is -2.59. The molecule has 1 aromatic heterocycles. The van der Waals surface area contributed by atoms with Crippen LogP contribution in [0.1, 0.15) is 58.6 Å². The van der Waals surface area contributed by atoms with Crippen molar-refractivity contribution >= 4 is 27.1 Å². The van der Waals surface area contributed by atoms with Gasteiger partial charge in [-0.25, -0.2) is 13.8 Å². The number of hydrogen-bond donors (Lipinski definition) is 2. The molecule has 0 bridgehead atoms. The van der Waals surface area contributed by atoms with E-state index in [1.54, 1.807) is 0 Å². The van der Waals surface area contributed by atoms with Gasteiger partial charge in [-0.2, -0.15) is 5.10 Å². The van der Waals surface area contributed by atoms with Gasteiger partial charge in [-0.3, -0.25) is 0 Å². The lowest BCUT2D eigenvalue weighted by Gasteiger charge is -2.47. The van der Waals surface area contributed by atoms with Crippen LogP contribution < -0.4 is 10.6 Å². The molecule has 0 spiro atoms. The first-order valence-electron chi connectivity index (χ1n) is 11.3. The van der Waals surface area contributed by atoms with Crippen molar-refractivity contribution in [3.05, 3.63) is 59.5 Å². The monoisotopic (exact) mass is 455 g/mol. The Morgan fingerprint density at radius 2 is 1.75 bits per heavy atom. The average Bonchev–Trinajstić information content (AvgIpc) is 3.04. The van der Waals surface area contributed by atoms with Crippen molar-refractivity contribution in [2.24, 2.45) is 5.10 Å². The van der Waals surface area contributed by atoms with Crippen molar-refractivity contribution in [1.29, 1.82) is 0 Å². The van der Waals surface area contributed by atoms with E-state index in [-0.39, 0.29) is 27.6 Å². The minimum Gasteiger partial charge on any atom is -0.370 e. The Kier molecular flexibility index (Phi) is 6.16. The fourth-order valence-corrected chi connectivity index (χ4v) is 8.21. The van der Waals surface area contributed by atoms with E-state index in [4.69, 9.17) is 5.10 Å². The summed E-state index contributed by atoms with van der Waals surface area (Å²) in [5.74, 6) is 0.626. The molecule has 1 fully saturated rings. The second kappa shape index (κ2) is 8.60. The predicted octanol–water partition coefficient (Wildman–Crippen LogP) is 5.02. The number of hydrogen-bond acceptors (Lipinski definition) is 5. The molecule has 0 radical (unpaired) electrons. The Hall–Kier alpha value is -2.25. The van der Waals surface area contributed by atoms with E-state index in [1.165, 1.54) is 17.0 Å². The van der Waals surface area contributed by atoms with Crippen LogP contribution in [0.5, 0.6) is 0 Å². The molecule has 2 aliphatic rings. The normalized spacial score (nSPS) is 22.7. The lowest BCUT2D eigenvalue weighted by atomic mass is 9.82. The van der Waals surface area contributed by atoms with E-state index in [2.05, 4.69) is 73.8 Å². The van der Waals surface area contributed by atoms with Crippen LogP contribution in [0.3, 0.4) is 0 Å². The van der Waals surface area contributed by atoms with Gasteiger partial charge in [0.15, 0.2) is 0 Å². The summed E-state index contributed by atoms with van der Waals surface area (Å²) >= 11 is 0. The van der Waals surface area contributed by atoms with Gasteiger partial charge in [0.2, 0.25) is 0 Å². The van der Waals surface area contributed by atoms with E-state index in [0.717, 1.165) is 42.0 Å². The maximum absolute atomic E-state index is 13.7. The van der Waals surface area contributed by atoms with Crippen LogP contribution in [-0.2, 0) is 0 Å². The number of aromatic nitrogens is 1. The maximum Gasteiger partial charge on any atom is 0.126 e. The summed E-state index contributed by atoms with van der Waals surface area (Å²) in [5, 5.41) is 12.6. The average molecular weight is 456 g/mol. The number of halogens is 1. The molecule has 0 saturated carbocycles. The predicted molar refractivity (Wildman–Crippen MR) is 135 cm³/mol. The van der Waals surface area contributed by atoms with E-state index in [1.807, 2.05) is 18.3 Å². The molecule has 5 nitrogen and oxygen atoms in total. The van der Waals surface area contributed by atoms with E-state index in [9.17, 15) is 4.39 Å². The molecule has 172 valence electrons. The minimum absolute atomic E-state index is 0.0389. The Labute approximate surface area is 193 Å². The Morgan fingerprint density at radius 1 is 1.09 bits per heavy atom. The van der Waals surface area contributed by atoms with Crippen LogP contribution in [0, 0.1) is 5.82 Å². The van der Waals surface area contributed by atoms with Crippen LogP contribution in [0.4, 0.5) is 10.2 Å². The van der Waals surface area contributed by atoms with Crippen LogP contribution in [0.25, 0.3) is 0 Å². The highest BCUT2D eigenvalue weighted by Crippen LogP contribution is 2.45. The number of hydrazone groups is 1. The molecule has 1 aromatic carbocycles. The summed E-state index contributed by atoms with van der Waals surface area (Å²) in [7, 11) is 1.85. The molecule has 3 heterocycles. The smallest absolute Gasteiger partial charge is 0.126 e. The molecule has 0 aliphatic carbocycles. The third-order valence-corrected chi connectivity index (χ3v) is 8.38. The molecule has 2 N–H and O–H groups in total. The first-order valence-corrected chi connectivity index (χ1v) is 12.5. The maximum atomic E-state index is 13.7. The zero-order valence-electron chi connectivity index (χ0n) is 19.9. The molecular weight excluding hydrogens is 421 g/mol. The molecule has 32 heavy (non-hydrogen) atoms. The Bertz CT molecular complexity index is 1040. The van der Waals surface area contributed by atoms with Crippen molar-refractivity contribution < 1.29 is 4.39 Å². The number of rotatable bonds is 5. The van der Waals surface area contributed by atoms with Gasteiger partial charge in [-0.05, 0) is 89.4 Å². The topological polar surface area (TPSA) is 52.5 Å². The highest BCUT2D eigenvalue weighted by Gasteiger charge is 2.42. The second-order valence-electron chi connectivity index (χ2n) is 9.95. The molecule has 2 aliphatic heterocycles. The van der Waals surface area contributed by atoms with Gasteiger partial charge in [0, 0.05) is 41.7 Å². The molecule has 1 unspecified atom stereocenters. The van der Waals surface area contributed by atoms with Crippen LogP contribution >= 0.6 is 10.7 Å². The zero-order chi connectivity index (χ0) is 23.1. The summed E-state index contributed by atoms with van der Waals surface area (Å²) in [6.45, 7) is 12.0.